The van der Waals surface area contributed by atoms with E-state index < -0.39 is 9.85 Å². The molecule has 0 saturated carbocycles. The van der Waals surface area contributed by atoms with Gasteiger partial charge < -0.3 is 4.57 Å². The average Bonchev–Trinajstić information content (AvgIpc) is 3.01. The SMILES string of the molecule is O=C(Cn1c2ccc([N+](=O)[O-])cc2c2cc([N+](=O)[O-])ccc21)c1ccccc1. The van der Waals surface area contributed by atoms with Gasteiger partial charge >= 0.3 is 0 Å². The van der Waals surface area contributed by atoms with Crippen LogP contribution in [0.5, 0.6) is 0 Å². The monoisotopic (exact) mass is 375 g/mol. The summed E-state index contributed by atoms with van der Waals surface area (Å²) in [6.45, 7) is 0.0135. The van der Waals surface area contributed by atoms with E-state index >= 15 is 0 Å². The highest BCUT2D eigenvalue weighted by molar-refractivity contribution is 6.10. The predicted molar refractivity (Wildman–Crippen MR) is 104 cm³/mol. The molecular formula is C20H13N3O5. The van der Waals surface area contributed by atoms with Gasteiger partial charge in [0, 0.05) is 40.6 Å². The van der Waals surface area contributed by atoms with Gasteiger partial charge in [-0.3, -0.25) is 25.0 Å². The number of non-ortho nitro benzene ring substituents is 2. The second-order valence-corrected chi connectivity index (χ2v) is 6.29. The Labute approximate surface area is 157 Å². The molecule has 0 aliphatic carbocycles. The Morgan fingerprint density at radius 3 is 1.75 bits per heavy atom. The molecule has 0 atom stereocenters. The minimum absolute atomic E-state index is 0.0135. The number of nitro benzene ring substituents is 2. The van der Waals surface area contributed by atoms with E-state index in [2.05, 4.69) is 0 Å². The van der Waals surface area contributed by atoms with Crippen LogP contribution in [0.2, 0.25) is 0 Å². The zero-order chi connectivity index (χ0) is 19.8. The van der Waals surface area contributed by atoms with Crippen LogP contribution in [-0.2, 0) is 6.54 Å². The third-order valence-corrected chi connectivity index (χ3v) is 4.65. The van der Waals surface area contributed by atoms with E-state index in [0.717, 1.165) is 0 Å². The van der Waals surface area contributed by atoms with E-state index in [0.29, 0.717) is 27.4 Å². The van der Waals surface area contributed by atoms with Crippen molar-refractivity contribution in [3.63, 3.8) is 0 Å². The summed E-state index contributed by atoms with van der Waals surface area (Å²) in [6.07, 6.45) is 0. The molecule has 0 fully saturated rings. The molecule has 1 heterocycles. The Hall–Kier alpha value is -4.07. The number of nitro groups is 2. The van der Waals surface area contributed by atoms with Gasteiger partial charge in [0.15, 0.2) is 5.78 Å². The number of benzene rings is 3. The number of nitrogens with zero attached hydrogens (tertiary/aromatic N) is 3. The number of ketones is 1. The van der Waals surface area contributed by atoms with E-state index in [1.165, 1.54) is 24.3 Å². The van der Waals surface area contributed by atoms with Gasteiger partial charge in [-0.1, -0.05) is 30.3 Å². The summed E-state index contributed by atoms with van der Waals surface area (Å²) in [6, 6.07) is 17.4. The number of carbonyl (C=O) groups is 1. The predicted octanol–water partition coefficient (Wildman–Crippen LogP) is 4.49. The van der Waals surface area contributed by atoms with Crippen LogP contribution >= 0.6 is 0 Å². The summed E-state index contributed by atoms with van der Waals surface area (Å²) in [5, 5.41) is 23.3. The van der Waals surface area contributed by atoms with Crippen LogP contribution in [0.3, 0.4) is 0 Å². The standard InChI is InChI=1S/C20H13N3O5/c24-20(13-4-2-1-3-5-13)12-21-18-8-6-14(22(25)26)10-16(18)17-11-15(23(27)28)7-9-19(17)21/h1-11H,12H2. The third kappa shape index (κ3) is 2.86. The van der Waals surface area contributed by atoms with Gasteiger partial charge in [0.1, 0.15) is 0 Å². The van der Waals surface area contributed by atoms with Crippen molar-refractivity contribution in [2.24, 2.45) is 0 Å². The van der Waals surface area contributed by atoms with Crippen LogP contribution in [-0.4, -0.2) is 20.2 Å². The molecule has 0 radical (unpaired) electrons. The maximum Gasteiger partial charge on any atom is 0.270 e. The fourth-order valence-electron chi connectivity index (χ4n) is 3.34. The summed E-state index contributed by atoms with van der Waals surface area (Å²) in [5.41, 5.74) is 1.51. The average molecular weight is 375 g/mol. The quantitative estimate of drug-likeness (QED) is 0.290. The highest BCUT2D eigenvalue weighted by Crippen LogP contribution is 2.34. The van der Waals surface area contributed by atoms with Crippen molar-refractivity contribution in [2.75, 3.05) is 0 Å². The molecule has 0 bridgehead atoms. The highest BCUT2D eigenvalue weighted by Gasteiger charge is 2.19. The van der Waals surface area contributed by atoms with Crippen molar-refractivity contribution < 1.29 is 14.6 Å². The zero-order valence-corrected chi connectivity index (χ0v) is 14.4. The van der Waals surface area contributed by atoms with Gasteiger partial charge in [0.25, 0.3) is 11.4 Å². The molecule has 1 aromatic heterocycles. The summed E-state index contributed by atoms with van der Waals surface area (Å²) in [7, 11) is 0. The van der Waals surface area contributed by atoms with Crippen molar-refractivity contribution in [3.8, 4) is 0 Å². The molecule has 0 aliphatic rings. The Kier molecular flexibility index (Phi) is 4.08. The number of Topliss-reactive ketones (excluding diaryl/α,β-unsaturated/α-hetero) is 1. The third-order valence-electron chi connectivity index (χ3n) is 4.65. The number of carbonyl (C=O) groups excluding carboxylic acids is 1. The topological polar surface area (TPSA) is 108 Å². The van der Waals surface area contributed by atoms with Crippen LogP contribution in [0.15, 0.2) is 66.7 Å². The molecular weight excluding hydrogens is 362 g/mol. The number of hydrogen-bond acceptors (Lipinski definition) is 5. The Morgan fingerprint density at radius 1 is 0.786 bits per heavy atom. The summed E-state index contributed by atoms with van der Waals surface area (Å²) in [4.78, 5) is 34.0. The van der Waals surface area contributed by atoms with Crippen LogP contribution < -0.4 is 0 Å². The minimum Gasteiger partial charge on any atom is -0.333 e. The molecule has 3 aromatic carbocycles. The van der Waals surface area contributed by atoms with Crippen molar-refractivity contribution in [1.29, 1.82) is 0 Å². The first kappa shape index (κ1) is 17.3. The van der Waals surface area contributed by atoms with Crippen molar-refractivity contribution >= 4 is 39.0 Å². The molecule has 0 aliphatic heterocycles. The first-order chi connectivity index (χ1) is 13.5. The van der Waals surface area contributed by atoms with Crippen molar-refractivity contribution in [1.82, 2.24) is 4.57 Å². The largest absolute Gasteiger partial charge is 0.333 e. The summed E-state index contributed by atoms with van der Waals surface area (Å²) >= 11 is 0. The maximum atomic E-state index is 12.7. The van der Waals surface area contributed by atoms with Crippen LogP contribution in [0.25, 0.3) is 21.8 Å². The van der Waals surface area contributed by atoms with Crippen LogP contribution in [0.1, 0.15) is 10.4 Å². The summed E-state index contributed by atoms with van der Waals surface area (Å²) < 4.78 is 1.73. The minimum atomic E-state index is -0.519. The molecule has 4 rings (SSSR count). The molecule has 138 valence electrons. The van der Waals surface area contributed by atoms with Crippen molar-refractivity contribution in [3.05, 3.63) is 92.5 Å². The second-order valence-electron chi connectivity index (χ2n) is 6.29. The lowest BCUT2D eigenvalue weighted by molar-refractivity contribution is -0.385. The summed E-state index contributed by atoms with van der Waals surface area (Å²) in [5.74, 6) is -0.129. The highest BCUT2D eigenvalue weighted by atomic mass is 16.6. The molecule has 0 amide bonds. The van der Waals surface area contributed by atoms with Gasteiger partial charge in [0.05, 0.1) is 27.4 Å². The lowest BCUT2D eigenvalue weighted by Crippen LogP contribution is -2.10. The maximum absolute atomic E-state index is 12.7. The van der Waals surface area contributed by atoms with Gasteiger partial charge in [-0.25, -0.2) is 0 Å². The Balaban J connectivity index is 1.94. The van der Waals surface area contributed by atoms with Gasteiger partial charge in [-0.15, -0.1) is 0 Å². The fourth-order valence-corrected chi connectivity index (χ4v) is 3.34. The van der Waals surface area contributed by atoms with E-state index in [1.807, 2.05) is 6.07 Å². The lowest BCUT2D eigenvalue weighted by Gasteiger charge is -2.07. The first-order valence-corrected chi connectivity index (χ1v) is 8.39. The molecule has 0 saturated heterocycles. The zero-order valence-electron chi connectivity index (χ0n) is 14.4. The molecule has 4 aromatic rings. The fraction of sp³-hybridized carbons (Fsp3) is 0.0500. The van der Waals surface area contributed by atoms with Crippen molar-refractivity contribution in [2.45, 2.75) is 6.54 Å². The molecule has 0 spiro atoms. The van der Waals surface area contributed by atoms with E-state index in [4.69, 9.17) is 0 Å². The molecule has 8 heteroatoms. The van der Waals surface area contributed by atoms with Gasteiger partial charge in [-0.05, 0) is 12.1 Å². The molecule has 8 nitrogen and oxygen atoms in total. The lowest BCUT2D eigenvalue weighted by atomic mass is 10.1. The van der Waals surface area contributed by atoms with Crippen LogP contribution in [0.4, 0.5) is 11.4 Å². The normalized spacial score (nSPS) is 11.0. The van der Waals surface area contributed by atoms with E-state index in [1.54, 1.807) is 41.0 Å². The van der Waals surface area contributed by atoms with E-state index in [9.17, 15) is 25.0 Å². The molecule has 28 heavy (non-hydrogen) atoms. The number of hydrogen-bond donors (Lipinski definition) is 0. The van der Waals surface area contributed by atoms with Gasteiger partial charge in [-0.2, -0.15) is 0 Å². The number of rotatable bonds is 5. The van der Waals surface area contributed by atoms with Gasteiger partial charge in [0.2, 0.25) is 0 Å². The molecule has 0 N–H and O–H groups in total. The molecule has 0 unspecified atom stereocenters. The second kappa shape index (κ2) is 6.58. The Morgan fingerprint density at radius 2 is 1.29 bits per heavy atom. The van der Waals surface area contributed by atoms with Crippen LogP contribution in [0, 0.1) is 20.2 Å². The first-order valence-electron chi connectivity index (χ1n) is 8.39. The Bertz CT molecular complexity index is 1190. The number of aromatic nitrogens is 1. The van der Waals surface area contributed by atoms with E-state index in [-0.39, 0.29) is 23.7 Å². The smallest absolute Gasteiger partial charge is 0.270 e. The number of fused-ring (bicyclic) bond motifs is 3.